The first-order valence-corrected chi connectivity index (χ1v) is 3.61. The highest BCUT2D eigenvalue weighted by Gasteiger charge is 1.98. The SMILES string of the molecule is CCc1ccc(N)cc1C=O. The van der Waals surface area contributed by atoms with E-state index in [9.17, 15) is 4.79 Å². The molecule has 0 unspecified atom stereocenters. The molecule has 0 aliphatic rings. The third-order valence-electron chi connectivity index (χ3n) is 1.68. The Hall–Kier alpha value is -1.31. The molecule has 58 valence electrons. The van der Waals surface area contributed by atoms with Gasteiger partial charge < -0.3 is 5.73 Å². The van der Waals surface area contributed by atoms with Crippen molar-refractivity contribution >= 4 is 12.0 Å². The lowest BCUT2D eigenvalue weighted by Gasteiger charge is -2.01. The van der Waals surface area contributed by atoms with Gasteiger partial charge in [0.15, 0.2) is 0 Å². The molecule has 0 bridgehead atoms. The van der Waals surface area contributed by atoms with Crippen LogP contribution in [-0.2, 0) is 6.42 Å². The Morgan fingerprint density at radius 1 is 1.55 bits per heavy atom. The molecular formula is C9H11NO. The fraction of sp³-hybridized carbons (Fsp3) is 0.222. The number of nitrogen functional groups attached to an aromatic ring is 1. The van der Waals surface area contributed by atoms with Gasteiger partial charge >= 0.3 is 0 Å². The second-order valence-electron chi connectivity index (χ2n) is 2.43. The first-order chi connectivity index (χ1) is 5.27. The van der Waals surface area contributed by atoms with Crippen molar-refractivity contribution in [1.29, 1.82) is 0 Å². The highest BCUT2D eigenvalue weighted by atomic mass is 16.1. The second-order valence-corrected chi connectivity index (χ2v) is 2.43. The van der Waals surface area contributed by atoms with E-state index >= 15 is 0 Å². The smallest absolute Gasteiger partial charge is 0.150 e. The summed E-state index contributed by atoms with van der Waals surface area (Å²) in [5, 5.41) is 0. The summed E-state index contributed by atoms with van der Waals surface area (Å²) in [5.74, 6) is 0. The summed E-state index contributed by atoms with van der Waals surface area (Å²) in [7, 11) is 0. The fourth-order valence-electron chi connectivity index (χ4n) is 1.05. The van der Waals surface area contributed by atoms with Crippen LogP contribution in [0.25, 0.3) is 0 Å². The van der Waals surface area contributed by atoms with E-state index in [2.05, 4.69) is 0 Å². The molecule has 0 saturated carbocycles. The Bertz CT molecular complexity index is 268. The lowest BCUT2D eigenvalue weighted by molar-refractivity contribution is 0.112. The van der Waals surface area contributed by atoms with Crippen molar-refractivity contribution in [2.24, 2.45) is 0 Å². The lowest BCUT2D eigenvalue weighted by Crippen LogP contribution is -1.93. The van der Waals surface area contributed by atoms with Crippen molar-refractivity contribution in [3.63, 3.8) is 0 Å². The number of hydrogen-bond donors (Lipinski definition) is 1. The minimum absolute atomic E-state index is 0.643. The van der Waals surface area contributed by atoms with Crippen LogP contribution in [-0.4, -0.2) is 6.29 Å². The first kappa shape index (κ1) is 7.79. The van der Waals surface area contributed by atoms with E-state index in [1.165, 1.54) is 0 Å². The zero-order valence-corrected chi connectivity index (χ0v) is 6.50. The summed E-state index contributed by atoms with van der Waals surface area (Å²) >= 11 is 0. The molecule has 1 rings (SSSR count). The summed E-state index contributed by atoms with van der Waals surface area (Å²) in [5.41, 5.74) is 7.89. The predicted octanol–water partition coefficient (Wildman–Crippen LogP) is 1.64. The molecule has 0 aliphatic carbocycles. The van der Waals surface area contributed by atoms with Crippen LogP contribution in [0.4, 0.5) is 5.69 Å². The van der Waals surface area contributed by atoms with E-state index in [-0.39, 0.29) is 0 Å². The molecule has 0 spiro atoms. The van der Waals surface area contributed by atoms with Crippen molar-refractivity contribution in [3.8, 4) is 0 Å². The summed E-state index contributed by atoms with van der Waals surface area (Å²) in [6.07, 6.45) is 1.71. The number of anilines is 1. The zero-order chi connectivity index (χ0) is 8.27. The zero-order valence-electron chi connectivity index (χ0n) is 6.50. The molecular weight excluding hydrogens is 138 g/mol. The van der Waals surface area contributed by atoms with Gasteiger partial charge in [-0.25, -0.2) is 0 Å². The van der Waals surface area contributed by atoms with Gasteiger partial charge in [0.1, 0.15) is 6.29 Å². The summed E-state index contributed by atoms with van der Waals surface area (Å²) in [6, 6.07) is 5.40. The van der Waals surface area contributed by atoms with Gasteiger partial charge in [-0.3, -0.25) is 4.79 Å². The van der Waals surface area contributed by atoms with Gasteiger partial charge in [0.25, 0.3) is 0 Å². The van der Waals surface area contributed by atoms with Crippen LogP contribution >= 0.6 is 0 Å². The van der Waals surface area contributed by atoms with Crippen LogP contribution < -0.4 is 5.73 Å². The molecule has 0 heterocycles. The number of hydrogen-bond acceptors (Lipinski definition) is 2. The standard InChI is InChI=1S/C9H11NO/c1-2-7-3-4-9(10)5-8(7)6-11/h3-6H,2,10H2,1H3. The number of aryl methyl sites for hydroxylation is 1. The van der Waals surface area contributed by atoms with Crippen LogP contribution in [0, 0.1) is 0 Å². The molecule has 2 heteroatoms. The first-order valence-electron chi connectivity index (χ1n) is 3.61. The topological polar surface area (TPSA) is 43.1 Å². The highest BCUT2D eigenvalue weighted by Crippen LogP contribution is 2.11. The number of carbonyl (C=O) groups is 1. The average molecular weight is 149 g/mol. The Kier molecular flexibility index (Phi) is 2.26. The maximum Gasteiger partial charge on any atom is 0.150 e. The minimum atomic E-state index is 0.643. The molecule has 0 aliphatic heterocycles. The van der Waals surface area contributed by atoms with Gasteiger partial charge in [0.2, 0.25) is 0 Å². The third-order valence-corrected chi connectivity index (χ3v) is 1.68. The lowest BCUT2D eigenvalue weighted by atomic mass is 10.1. The Labute approximate surface area is 66.0 Å². The molecule has 2 N–H and O–H groups in total. The molecule has 0 atom stereocenters. The van der Waals surface area contributed by atoms with Crippen LogP contribution in [0.3, 0.4) is 0 Å². The van der Waals surface area contributed by atoms with Gasteiger partial charge in [-0.1, -0.05) is 13.0 Å². The quantitative estimate of drug-likeness (QED) is 0.513. The van der Waals surface area contributed by atoms with Crippen molar-refractivity contribution in [2.45, 2.75) is 13.3 Å². The maximum absolute atomic E-state index is 10.5. The molecule has 11 heavy (non-hydrogen) atoms. The number of carbonyl (C=O) groups excluding carboxylic acids is 1. The molecule has 0 amide bonds. The Morgan fingerprint density at radius 2 is 2.27 bits per heavy atom. The van der Waals surface area contributed by atoms with E-state index in [1.54, 1.807) is 6.07 Å². The van der Waals surface area contributed by atoms with Gasteiger partial charge in [0.05, 0.1) is 0 Å². The minimum Gasteiger partial charge on any atom is -0.399 e. The van der Waals surface area contributed by atoms with Crippen molar-refractivity contribution < 1.29 is 4.79 Å². The van der Waals surface area contributed by atoms with Crippen molar-refractivity contribution in [2.75, 3.05) is 5.73 Å². The van der Waals surface area contributed by atoms with Gasteiger partial charge in [-0.15, -0.1) is 0 Å². The van der Waals surface area contributed by atoms with E-state index in [1.807, 2.05) is 19.1 Å². The number of nitrogens with two attached hydrogens (primary N) is 1. The van der Waals surface area contributed by atoms with Crippen LogP contribution in [0.15, 0.2) is 18.2 Å². The summed E-state index contributed by atoms with van der Waals surface area (Å²) in [6.45, 7) is 2.01. The van der Waals surface area contributed by atoms with Crippen molar-refractivity contribution in [3.05, 3.63) is 29.3 Å². The molecule has 0 saturated heterocycles. The molecule has 0 fully saturated rings. The van der Waals surface area contributed by atoms with Gasteiger partial charge in [-0.2, -0.15) is 0 Å². The Balaban J connectivity index is 3.16. The fourth-order valence-corrected chi connectivity index (χ4v) is 1.05. The van der Waals surface area contributed by atoms with E-state index in [0.29, 0.717) is 11.3 Å². The number of rotatable bonds is 2. The third kappa shape index (κ3) is 1.58. The van der Waals surface area contributed by atoms with E-state index < -0.39 is 0 Å². The van der Waals surface area contributed by atoms with E-state index in [0.717, 1.165) is 18.3 Å². The monoisotopic (exact) mass is 149 g/mol. The van der Waals surface area contributed by atoms with Crippen LogP contribution in [0.1, 0.15) is 22.8 Å². The van der Waals surface area contributed by atoms with E-state index in [4.69, 9.17) is 5.73 Å². The second kappa shape index (κ2) is 3.19. The summed E-state index contributed by atoms with van der Waals surface area (Å²) < 4.78 is 0. The average Bonchev–Trinajstić information content (AvgIpc) is 2.04. The highest BCUT2D eigenvalue weighted by molar-refractivity contribution is 5.79. The molecule has 0 radical (unpaired) electrons. The number of benzene rings is 1. The predicted molar refractivity (Wildman–Crippen MR) is 45.6 cm³/mol. The van der Waals surface area contributed by atoms with Crippen LogP contribution in [0.2, 0.25) is 0 Å². The number of aldehydes is 1. The van der Waals surface area contributed by atoms with Crippen LogP contribution in [0.5, 0.6) is 0 Å². The largest absolute Gasteiger partial charge is 0.399 e. The van der Waals surface area contributed by atoms with Gasteiger partial charge in [-0.05, 0) is 24.1 Å². The maximum atomic E-state index is 10.5. The summed E-state index contributed by atoms with van der Waals surface area (Å²) in [4.78, 5) is 10.5. The van der Waals surface area contributed by atoms with Gasteiger partial charge in [0, 0.05) is 11.3 Å². The normalized spacial score (nSPS) is 9.55. The molecule has 0 aromatic heterocycles. The Morgan fingerprint density at radius 3 is 2.82 bits per heavy atom. The van der Waals surface area contributed by atoms with Crippen molar-refractivity contribution in [1.82, 2.24) is 0 Å². The molecule has 2 nitrogen and oxygen atoms in total. The molecule has 1 aromatic rings. The molecule has 1 aromatic carbocycles.